The number of anilines is 1. The number of carbonyl (C=O) groups is 2. The predicted octanol–water partition coefficient (Wildman–Crippen LogP) is 3.01. The van der Waals surface area contributed by atoms with Crippen molar-refractivity contribution in [2.24, 2.45) is 0 Å². The van der Waals surface area contributed by atoms with E-state index in [0.717, 1.165) is 0 Å². The van der Waals surface area contributed by atoms with E-state index in [9.17, 15) is 19.7 Å². The molecule has 0 aromatic heterocycles. The monoisotopic (exact) mass is 385 g/mol. The van der Waals surface area contributed by atoms with Crippen molar-refractivity contribution in [1.82, 2.24) is 10.9 Å². The van der Waals surface area contributed by atoms with E-state index in [0.29, 0.717) is 16.3 Å². The Morgan fingerprint density at radius 2 is 1.85 bits per heavy atom. The maximum atomic E-state index is 12.0. The summed E-state index contributed by atoms with van der Waals surface area (Å²) in [5.74, 6) is -0.879. The number of hydrogen-bond acceptors (Lipinski definition) is 5. The molecule has 0 aliphatic carbocycles. The molecule has 0 unspecified atom stereocenters. The first-order chi connectivity index (χ1) is 12.9. The number of non-ortho nitro benzene ring substituents is 1. The first-order valence-electron chi connectivity index (χ1n) is 7.38. The quantitative estimate of drug-likeness (QED) is 0.321. The van der Waals surface area contributed by atoms with E-state index in [-0.39, 0.29) is 11.3 Å². The molecule has 0 spiro atoms. The molecule has 0 heterocycles. The van der Waals surface area contributed by atoms with E-state index in [1.54, 1.807) is 30.3 Å². The number of hydrazine groups is 1. The minimum absolute atomic E-state index is 0.179. The number of nitriles is 1. The molecule has 2 aromatic carbocycles. The largest absolute Gasteiger partial charge is 0.337 e. The van der Waals surface area contributed by atoms with Gasteiger partial charge in [0.25, 0.3) is 11.6 Å². The molecule has 0 atom stereocenters. The SMILES string of the molecule is N#CC(=Cc1cccc([N+](=O)[O-])c1)C(=O)NNC(=O)Nc1ccc(Cl)cc1. The molecule has 0 fully saturated rings. The number of amides is 3. The molecule has 9 nitrogen and oxygen atoms in total. The van der Waals surface area contributed by atoms with Gasteiger partial charge in [-0.1, -0.05) is 23.7 Å². The molecule has 27 heavy (non-hydrogen) atoms. The van der Waals surface area contributed by atoms with E-state index >= 15 is 0 Å². The van der Waals surface area contributed by atoms with Gasteiger partial charge in [-0.2, -0.15) is 5.26 Å². The van der Waals surface area contributed by atoms with Gasteiger partial charge in [0, 0.05) is 22.8 Å². The Labute approximate surface area is 158 Å². The van der Waals surface area contributed by atoms with Crippen molar-refractivity contribution >= 4 is 41.0 Å². The molecule has 0 aliphatic rings. The topological polar surface area (TPSA) is 137 Å². The van der Waals surface area contributed by atoms with E-state index in [1.165, 1.54) is 30.3 Å². The van der Waals surface area contributed by atoms with E-state index in [4.69, 9.17) is 16.9 Å². The summed E-state index contributed by atoms with van der Waals surface area (Å²) in [4.78, 5) is 33.9. The second-order valence-corrected chi connectivity index (χ2v) is 5.50. The Kier molecular flexibility index (Phi) is 6.46. The van der Waals surface area contributed by atoms with Crippen LogP contribution in [-0.2, 0) is 4.79 Å². The minimum Gasteiger partial charge on any atom is -0.307 e. The molecule has 3 amide bonds. The van der Waals surface area contributed by atoms with Crippen LogP contribution in [0.1, 0.15) is 5.56 Å². The maximum absolute atomic E-state index is 12.0. The lowest BCUT2D eigenvalue weighted by molar-refractivity contribution is -0.384. The van der Waals surface area contributed by atoms with Crippen molar-refractivity contribution in [3.8, 4) is 6.07 Å². The first kappa shape index (κ1) is 19.4. The molecule has 136 valence electrons. The van der Waals surface area contributed by atoms with Crippen molar-refractivity contribution in [3.63, 3.8) is 0 Å². The van der Waals surface area contributed by atoms with Gasteiger partial charge in [0.1, 0.15) is 11.6 Å². The summed E-state index contributed by atoms with van der Waals surface area (Å²) in [6.07, 6.45) is 1.17. The predicted molar refractivity (Wildman–Crippen MR) is 98.4 cm³/mol. The van der Waals surface area contributed by atoms with Gasteiger partial charge in [0.2, 0.25) is 0 Å². The minimum atomic E-state index is -0.879. The highest BCUT2D eigenvalue weighted by atomic mass is 35.5. The summed E-state index contributed by atoms with van der Waals surface area (Å²) < 4.78 is 0. The van der Waals surface area contributed by atoms with Gasteiger partial charge >= 0.3 is 6.03 Å². The molecular formula is C17H12ClN5O4. The van der Waals surface area contributed by atoms with Crippen molar-refractivity contribution in [2.45, 2.75) is 0 Å². The summed E-state index contributed by atoms with van der Waals surface area (Å²) in [6, 6.07) is 12.6. The molecule has 0 saturated heterocycles. The van der Waals surface area contributed by atoms with Gasteiger partial charge in [-0.25, -0.2) is 10.2 Å². The zero-order chi connectivity index (χ0) is 19.8. The Hall–Kier alpha value is -3.90. The van der Waals surface area contributed by atoms with Crippen molar-refractivity contribution in [1.29, 1.82) is 5.26 Å². The van der Waals surface area contributed by atoms with Gasteiger partial charge in [-0.15, -0.1) is 0 Å². The first-order valence-corrected chi connectivity index (χ1v) is 7.76. The molecule has 0 aliphatic heterocycles. The summed E-state index contributed by atoms with van der Waals surface area (Å²) >= 11 is 5.74. The van der Waals surface area contributed by atoms with Crippen LogP contribution in [0, 0.1) is 21.4 Å². The van der Waals surface area contributed by atoms with E-state index in [2.05, 4.69) is 16.2 Å². The number of halogens is 1. The van der Waals surface area contributed by atoms with Crippen LogP contribution in [0.4, 0.5) is 16.2 Å². The van der Waals surface area contributed by atoms with E-state index in [1.807, 2.05) is 0 Å². The smallest absolute Gasteiger partial charge is 0.307 e. The van der Waals surface area contributed by atoms with Crippen LogP contribution in [0.2, 0.25) is 5.02 Å². The fraction of sp³-hybridized carbons (Fsp3) is 0. The fourth-order valence-electron chi connectivity index (χ4n) is 1.92. The van der Waals surface area contributed by atoms with Crippen LogP contribution in [0.5, 0.6) is 0 Å². The molecule has 10 heteroatoms. The van der Waals surface area contributed by atoms with Crippen LogP contribution < -0.4 is 16.2 Å². The molecular weight excluding hydrogens is 374 g/mol. The number of rotatable bonds is 4. The zero-order valence-corrected chi connectivity index (χ0v) is 14.4. The number of nitro groups is 1. The molecule has 3 N–H and O–H groups in total. The van der Waals surface area contributed by atoms with Crippen LogP contribution >= 0.6 is 11.6 Å². The highest BCUT2D eigenvalue weighted by Gasteiger charge is 2.12. The van der Waals surface area contributed by atoms with Crippen LogP contribution in [0.25, 0.3) is 6.08 Å². The zero-order valence-electron chi connectivity index (χ0n) is 13.6. The third kappa shape index (κ3) is 5.84. The van der Waals surface area contributed by atoms with Gasteiger partial charge in [-0.3, -0.25) is 20.3 Å². The van der Waals surface area contributed by atoms with Crippen LogP contribution in [0.15, 0.2) is 54.1 Å². The summed E-state index contributed by atoms with van der Waals surface area (Å²) in [7, 11) is 0. The number of benzene rings is 2. The number of hydrogen-bond donors (Lipinski definition) is 3. The normalized spacial score (nSPS) is 10.4. The molecule has 0 bridgehead atoms. The van der Waals surface area contributed by atoms with Gasteiger partial charge in [0.05, 0.1) is 4.92 Å². The molecule has 2 rings (SSSR count). The number of urea groups is 1. The van der Waals surface area contributed by atoms with Gasteiger partial charge in [0.15, 0.2) is 0 Å². The molecule has 0 radical (unpaired) electrons. The average molecular weight is 386 g/mol. The average Bonchev–Trinajstić information content (AvgIpc) is 2.66. The van der Waals surface area contributed by atoms with Crippen molar-refractivity contribution < 1.29 is 14.5 Å². The Morgan fingerprint density at radius 3 is 2.48 bits per heavy atom. The second-order valence-electron chi connectivity index (χ2n) is 5.06. The third-order valence-corrected chi connectivity index (χ3v) is 3.40. The lowest BCUT2D eigenvalue weighted by atomic mass is 10.1. The number of nitro benzene ring substituents is 1. The fourth-order valence-corrected chi connectivity index (χ4v) is 2.05. The summed E-state index contributed by atoms with van der Waals surface area (Å²) in [6.45, 7) is 0. The Morgan fingerprint density at radius 1 is 1.15 bits per heavy atom. The Bertz CT molecular complexity index is 951. The highest BCUT2D eigenvalue weighted by Crippen LogP contribution is 2.16. The van der Waals surface area contributed by atoms with E-state index < -0.39 is 16.9 Å². The lowest BCUT2D eigenvalue weighted by Gasteiger charge is -2.08. The Balaban J connectivity index is 1.99. The lowest BCUT2D eigenvalue weighted by Crippen LogP contribution is -2.44. The second kappa shape index (κ2) is 8.98. The van der Waals surface area contributed by atoms with Gasteiger partial charge < -0.3 is 5.32 Å². The highest BCUT2D eigenvalue weighted by molar-refractivity contribution is 6.30. The van der Waals surface area contributed by atoms with Crippen molar-refractivity contribution in [2.75, 3.05) is 5.32 Å². The molecule has 2 aromatic rings. The number of carbonyl (C=O) groups excluding carboxylic acids is 2. The maximum Gasteiger partial charge on any atom is 0.337 e. The van der Waals surface area contributed by atoms with Crippen LogP contribution in [0.3, 0.4) is 0 Å². The standard InChI is InChI=1S/C17H12ClN5O4/c18-13-4-6-14(7-5-13)20-17(25)22-21-16(24)12(10-19)8-11-2-1-3-15(9-11)23(26)27/h1-9H,(H,21,24)(H2,20,22,25). The van der Waals surface area contributed by atoms with Crippen LogP contribution in [-0.4, -0.2) is 16.9 Å². The number of nitrogens with one attached hydrogen (secondary N) is 3. The molecule has 0 saturated carbocycles. The van der Waals surface area contributed by atoms with Gasteiger partial charge in [-0.05, 0) is 35.9 Å². The van der Waals surface area contributed by atoms with Crippen molar-refractivity contribution in [3.05, 3.63) is 74.8 Å². The summed E-state index contributed by atoms with van der Waals surface area (Å²) in [5.41, 5.74) is 4.38. The summed E-state index contributed by atoms with van der Waals surface area (Å²) in [5, 5.41) is 22.8. The third-order valence-electron chi connectivity index (χ3n) is 3.15. The number of nitrogens with zero attached hydrogens (tertiary/aromatic N) is 2.